The van der Waals surface area contributed by atoms with E-state index in [1.165, 1.54) is 0 Å². The molecule has 0 aliphatic rings. The summed E-state index contributed by atoms with van der Waals surface area (Å²) in [6.45, 7) is 0.111. The summed E-state index contributed by atoms with van der Waals surface area (Å²) in [5.41, 5.74) is 6.17. The van der Waals surface area contributed by atoms with Gasteiger partial charge in [-0.05, 0) is 24.3 Å². The van der Waals surface area contributed by atoms with Crippen LogP contribution in [0.3, 0.4) is 0 Å². The van der Waals surface area contributed by atoms with Crippen molar-refractivity contribution < 1.29 is 19.4 Å². The number of hydrogen-bond donors (Lipinski definition) is 2. The third kappa shape index (κ3) is 4.65. The van der Waals surface area contributed by atoms with Crippen LogP contribution in [0.1, 0.15) is 6.42 Å². The van der Waals surface area contributed by atoms with Crippen LogP contribution in [0.15, 0.2) is 24.3 Å². The number of benzene rings is 1. The predicted octanol–water partition coefficient (Wildman–Crippen LogP) is 0.573. The van der Waals surface area contributed by atoms with Gasteiger partial charge < -0.3 is 20.3 Å². The number of nitrogens with two attached hydrogens (primary N) is 1. The van der Waals surface area contributed by atoms with Crippen LogP contribution in [-0.2, 0) is 9.53 Å². The van der Waals surface area contributed by atoms with Crippen LogP contribution in [0.25, 0.3) is 0 Å². The molecule has 1 rings (SSSR count). The van der Waals surface area contributed by atoms with E-state index in [9.17, 15) is 4.79 Å². The van der Waals surface area contributed by atoms with E-state index in [2.05, 4.69) is 4.74 Å². The maximum Gasteiger partial charge on any atom is 0.309 e. The standard InChI is InChI=1S/C11H15NO4/c12-9-1-3-10(4-2-9)15-7-5-11(14)16-8-6-13/h1-4,13H,5-8,12H2. The van der Waals surface area contributed by atoms with Crippen LogP contribution in [-0.4, -0.2) is 30.9 Å². The number of nitrogen functional groups attached to an aromatic ring is 1. The van der Waals surface area contributed by atoms with E-state index in [4.69, 9.17) is 15.6 Å². The summed E-state index contributed by atoms with van der Waals surface area (Å²) in [6.07, 6.45) is 0.157. The highest BCUT2D eigenvalue weighted by molar-refractivity contribution is 5.69. The first-order valence-electron chi connectivity index (χ1n) is 4.97. The molecule has 5 heteroatoms. The van der Waals surface area contributed by atoms with E-state index in [0.717, 1.165) is 0 Å². The Labute approximate surface area is 93.8 Å². The van der Waals surface area contributed by atoms with Gasteiger partial charge in [0.25, 0.3) is 0 Å². The fourth-order valence-corrected chi connectivity index (χ4v) is 1.05. The van der Waals surface area contributed by atoms with E-state index in [0.29, 0.717) is 11.4 Å². The van der Waals surface area contributed by atoms with Gasteiger partial charge in [-0.15, -0.1) is 0 Å². The summed E-state index contributed by atoms with van der Waals surface area (Å²) in [6, 6.07) is 6.90. The molecule has 0 aliphatic carbocycles. The van der Waals surface area contributed by atoms with Crippen LogP contribution in [0.4, 0.5) is 5.69 Å². The van der Waals surface area contributed by atoms with Crippen molar-refractivity contribution in [2.24, 2.45) is 0 Å². The Morgan fingerprint density at radius 2 is 1.94 bits per heavy atom. The van der Waals surface area contributed by atoms with Crippen LogP contribution in [0.5, 0.6) is 5.75 Å². The fourth-order valence-electron chi connectivity index (χ4n) is 1.05. The van der Waals surface area contributed by atoms with Gasteiger partial charge in [0.2, 0.25) is 0 Å². The van der Waals surface area contributed by atoms with Gasteiger partial charge in [-0.3, -0.25) is 4.79 Å². The van der Waals surface area contributed by atoms with E-state index >= 15 is 0 Å². The van der Waals surface area contributed by atoms with E-state index in [1.807, 2.05) is 0 Å². The SMILES string of the molecule is Nc1ccc(OCCC(=O)OCCO)cc1. The lowest BCUT2D eigenvalue weighted by atomic mass is 10.3. The quantitative estimate of drug-likeness (QED) is 0.546. The Balaban J connectivity index is 2.20. The zero-order valence-corrected chi connectivity index (χ0v) is 8.89. The molecule has 0 saturated heterocycles. The third-order valence-corrected chi connectivity index (χ3v) is 1.81. The molecule has 0 spiro atoms. The molecule has 3 N–H and O–H groups in total. The Kier molecular flexibility index (Phi) is 5.15. The van der Waals surface area contributed by atoms with Crippen molar-refractivity contribution in [2.45, 2.75) is 6.42 Å². The molecule has 0 radical (unpaired) electrons. The number of rotatable bonds is 6. The summed E-state index contributed by atoms with van der Waals surface area (Å²) in [5.74, 6) is 0.272. The molecule has 0 saturated carbocycles. The fraction of sp³-hybridized carbons (Fsp3) is 0.364. The average Bonchev–Trinajstić information content (AvgIpc) is 2.29. The van der Waals surface area contributed by atoms with E-state index < -0.39 is 0 Å². The number of carbonyl (C=O) groups excluding carboxylic acids is 1. The Bertz CT molecular complexity index is 323. The molecule has 0 amide bonds. The Hall–Kier alpha value is -1.75. The average molecular weight is 225 g/mol. The van der Waals surface area contributed by atoms with Gasteiger partial charge in [0.1, 0.15) is 12.4 Å². The van der Waals surface area contributed by atoms with Gasteiger partial charge in [0, 0.05) is 5.69 Å². The van der Waals surface area contributed by atoms with Crippen LogP contribution >= 0.6 is 0 Å². The number of esters is 1. The molecule has 88 valence electrons. The zero-order chi connectivity index (χ0) is 11.8. The minimum Gasteiger partial charge on any atom is -0.493 e. The highest BCUT2D eigenvalue weighted by Crippen LogP contribution is 2.13. The summed E-state index contributed by atoms with van der Waals surface area (Å²) in [7, 11) is 0. The minimum atomic E-state index is -0.385. The highest BCUT2D eigenvalue weighted by atomic mass is 16.5. The zero-order valence-electron chi connectivity index (χ0n) is 8.89. The normalized spacial score (nSPS) is 9.81. The molecule has 0 aromatic heterocycles. The minimum absolute atomic E-state index is 0.0285. The second-order valence-electron chi connectivity index (χ2n) is 3.11. The van der Waals surface area contributed by atoms with Crippen molar-refractivity contribution in [3.8, 4) is 5.75 Å². The van der Waals surface area contributed by atoms with Crippen molar-refractivity contribution in [2.75, 3.05) is 25.6 Å². The van der Waals surface area contributed by atoms with Crippen molar-refractivity contribution >= 4 is 11.7 Å². The second-order valence-corrected chi connectivity index (χ2v) is 3.11. The Morgan fingerprint density at radius 1 is 1.25 bits per heavy atom. The largest absolute Gasteiger partial charge is 0.493 e. The summed E-state index contributed by atoms with van der Waals surface area (Å²) in [5, 5.41) is 8.42. The number of anilines is 1. The summed E-state index contributed by atoms with van der Waals surface area (Å²) >= 11 is 0. The van der Waals surface area contributed by atoms with Gasteiger partial charge in [-0.25, -0.2) is 0 Å². The first-order valence-corrected chi connectivity index (χ1v) is 4.97. The molecular weight excluding hydrogens is 210 g/mol. The van der Waals surface area contributed by atoms with Gasteiger partial charge in [0.15, 0.2) is 0 Å². The summed E-state index contributed by atoms with van der Waals surface area (Å²) < 4.78 is 9.95. The molecule has 0 atom stereocenters. The lowest BCUT2D eigenvalue weighted by Crippen LogP contribution is -2.12. The highest BCUT2D eigenvalue weighted by Gasteiger charge is 2.02. The molecule has 0 fully saturated rings. The summed E-state index contributed by atoms with van der Waals surface area (Å²) in [4.78, 5) is 11.0. The van der Waals surface area contributed by atoms with Crippen molar-refractivity contribution in [3.05, 3.63) is 24.3 Å². The predicted molar refractivity (Wildman–Crippen MR) is 59.0 cm³/mol. The maximum atomic E-state index is 11.0. The van der Waals surface area contributed by atoms with Crippen molar-refractivity contribution in [1.82, 2.24) is 0 Å². The van der Waals surface area contributed by atoms with Crippen molar-refractivity contribution in [3.63, 3.8) is 0 Å². The van der Waals surface area contributed by atoms with Gasteiger partial charge in [0.05, 0.1) is 19.6 Å². The molecule has 1 aromatic rings. The molecule has 0 unspecified atom stereocenters. The topological polar surface area (TPSA) is 81.8 Å². The first-order chi connectivity index (χ1) is 7.72. The lowest BCUT2D eigenvalue weighted by Gasteiger charge is -2.06. The number of ether oxygens (including phenoxy) is 2. The van der Waals surface area contributed by atoms with Gasteiger partial charge in [-0.1, -0.05) is 0 Å². The molecular formula is C11H15NO4. The first kappa shape index (κ1) is 12.3. The molecule has 1 aromatic carbocycles. The smallest absolute Gasteiger partial charge is 0.309 e. The molecule has 0 aliphatic heterocycles. The van der Waals surface area contributed by atoms with Gasteiger partial charge in [-0.2, -0.15) is 0 Å². The molecule has 16 heavy (non-hydrogen) atoms. The number of hydrogen-bond acceptors (Lipinski definition) is 5. The second kappa shape index (κ2) is 6.68. The maximum absolute atomic E-state index is 11.0. The molecule has 0 heterocycles. The van der Waals surface area contributed by atoms with Crippen LogP contribution < -0.4 is 10.5 Å². The number of aliphatic hydroxyl groups excluding tert-OH is 1. The number of aliphatic hydroxyl groups is 1. The lowest BCUT2D eigenvalue weighted by molar-refractivity contribution is -0.145. The third-order valence-electron chi connectivity index (χ3n) is 1.81. The van der Waals surface area contributed by atoms with Crippen LogP contribution in [0.2, 0.25) is 0 Å². The van der Waals surface area contributed by atoms with Gasteiger partial charge >= 0.3 is 5.97 Å². The van der Waals surface area contributed by atoms with E-state index in [-0.39, 0.29) is 32.2 Å². The molecule has 0 bridgehead atoms. The number of carbonyl (C=O) groups is 1. The van der Waals surface area contributed by atoms with E-state index in [1.54, 1.807) is 24.3 Å². The monoisotopic (exact) mass is 225 g/mol. The Morgan fingerprint density at radius 3 is 2.56 bits per heavy atom. The van der Waals surface area contributed by atoms with Crippen LogP contribution in [0, 0.1) is 0 Å². The van der Waals surface area contributed by atoms with Crippen molar-refractivity contribution in [1.29, 1.82) is 0 Å². The molecule has 5 nitrogen and oxygen atoms in total.